The summed E-state index contributed by atoms with van der Waals surface area (Å²) in [6.45, 7) is 5.42. The predicted molar refractivity (Wildman–Crippen MR) is 134 cm³/mol. The van der Waals surface area contributed by atoms with Gasteiger partial charge >= 0.3 is 0 Å². The summed E-state index contributed by atoms with van der Waals surface area (Å²) in [6, 6.07) is 13.7. The summed E-state index contributed by atoms with van der Waals surface area (Å²) in [5.41, 5.74) is 4.68. The smallest absolute Gasteiger partial charge is 0.256 e. The Morgan fingerprint density at radius 3 is 2.49 bits per heavy atom. The molecular formula is C26H25FN4O3S. The fourth-order valence-corrected chi connectivity index (χ4v) is 6.15. The third-order valence-corrected chi connectivity index (χ3v) is 8.16. The molecule has 0 saturated carbocycles. The van der Waals surface area contributed by atoms with Gasteiger partial charge in [0.05, 0.1) is 39.9 Å². The quantitative estimate of drug-likeness (QED) is 0.443. The highest BCUT2D eigenvalue weighted by Gasteiger charge is 2.32. The van der Waals surface area contributed by atoms with Crippen molar-refractivity contribution in [1.82, 2.24) is 14.8 Å². The molecule has 35 heavy (non-hydrogen) atoms. The van der Waals surface area contributed by atoms with Crippen LogP contribution < -0.4 is 5.32 Å². The van der Waals surface area contributed by atoms with E-state index in [1.807, 2.05) is 31.2 Å². The van der Waals surface area contributed by atoms with Crippen LogP contribution >= 0.6 is 0 Å². The van der Waals surface area contributed by atoms with Crippen LogP contribution in [0.2, 0.25) is 0 Å². The fraction of sp³-hybridized carbons (Fsp3) is 0.269. The lowest BCUT2D eigenvalue weighted by Crippen LogP contribution is -2.15. The van der Waals surface area contributed by atoms with Crippen LogP contribution in [0.5, 0.6) is 0 Å². The van der Waals surface area contributed by atoms with E-state index in [0.717, 1.165) is 11.1 Å². The van der Waals surface area contributed by atoms with Gasteiger partial charge in [0.2, 0.25) is 0 Å². The molecule has 0 aliphatic carbocycles. The number of amides is 1. The van der Waals surface area contributed by atoms with Crippen molar-refractivity contribution < 1.29 is 17.6 Å². The molecular weight excluding hydrogens is 467 g/mol. The molecule has 1 amide bonds. The van der Waals surface area contributed by atoms with E-state index in [9.17, 15) is 17.6 Å². The van der Waals surface area contributed by atoms with Gasteiger partial charge in [0.15, 0.2) is 15.5 Å². The number of carbonyl (C=O) groups is 1. The average molecular weight is 493 g/mol. The second-order valence-electron chi connectivity index (χ2n) is 9.12. The van der Waals surface area contributed by atoms with Crippen molar-refractivity contribution in [3.05, 3.63) is 76.7 Å². The number of anilines is 1. The van der Waals surface area contributed by atoms with Gasteiger partial charge in [-0.15, -0.1) is 0 Å². The van der Waals surface area contributed by atoms with Crippen LogP contribution in [-0.2, 0) is 9.84 Å². The summed E-state index contributed by atoms with van der Waals surface area (Å²) in [5, 5.41) is 7.95. The monoisotopic (exact) mass is 492 g/mol. The van der Waals surface area contributed by atoms with Gasteiger partial charge < -0.3 is 5.32 Å². The first kappa shape index (κ1) is 23.2. The standard InChI is InChI=1S/C26H25FN4O3S/c1-15-4-7-18(8-5-15)23-13-21(26(32)28-19-9-6-16(2)22(27)12-19)24-17(3)30-31(25(24)29-23)20-10-11-35(33,34)14-20/h4-9,12-13,20H,10-11,14H2,1-3H3,(H,28,32). The Morgan fingerprint density at radius 2 is 1.83 bits per heavy atom. The molecule has 2 aromatic carbocycles. The van der Waals surface area contributed by atoms with Gasteiger partial charge in [-0.2, -0.15) is 5.10 Å². The van der Waals surface area contributed by atoms with Crippen molar-refractivity contribution in [2.75, 3.05) is 16.8 Å². The van der Waals surface area contributed by atoms with E-state index in [1.165, 1.54) is 6.07 Å². The topological polar surface area (TPSA) is 94.0 Å². The SMILES string of the molecule is Cc1ccc(-c2cc(C(=O)Nc3ccc(C)c(F)c3)c3c(C)nn(C4CCS(=O)(=O)C4)c3n2)cc1. The number of carbonyl (C=O) groups excluding carboxylic acids is 1. The molecule has 0 radical (unpaired) electrons. The maximum atomic E-state index is 14.1. The zero-order valence-electron chi connectivity index (χ0n) is 19.7. The summed E-state index contributed by atoms with van der Waals surface area (Å²) >= 11 is 0. The Morgan fingerprint density at radius 1 is 1.09 bits per heavy atom. The van der Waals surface area contributed by atoms with Crippen molar-refractivity contribution in [1.29, 1.82) is 0 Å². The number of halogens is 1. The molecule has 3 heterocycles. The Labute approximate surface area is 202 Å². The number of rotatable bonds is 4. The summed E-state index contributed by atoms with van der Waals surface area (Å²) < 4.78 is 40.0. The number of hydrogen-bond donors (Lipinski definition) is 1. The highest BCUT2D eigenvalue weighted by molar-refractivity contribution is 7.91. The first-order chi connectivity index (χ1) is 16.6. The summed E-state index contributed by atoms with van der Waals surface area (Å²) in [6.07, 6.45) is 0.444. The molecule has 1 N–H and O–H groups in total. The van der Waals surface area contributed by atoms with Crippen LogP contribution in [0, 0.1) is 26.6 Å². The fourth-order valence-electron chi connectivity index (χ4n) is 4.46. The lowest BCUT2D eigenvalue weighted by Gasteiger charge is -2.13. The maximum absolute atomic E-state index is 14.1. The molecule has 1 fully saturated rings. The predicted octanol–water partition coefficient (Wildman–Crippen LogP) is 4.77. The molecule has 1 unspecified atom stereocenters. The van der Waals surface area contributed by atoms with E-state index < -0.39 is 21.6 Å². The van der Waals surface area contributed by atoms with Crippen molar-refractivity contribution >= 4 is 32.5 Å². The molecule has 180 valence electrons. The van der Waals surface area contributed by atoms with Crippen LogP contribution in [0.1, 0.15) is 39.6 Å². The molecule has 0 bridgehead atoms. The van der Waals surface area contributed by atoms with Crippen LogP contribution in [0.15, 0.2) is 48.5 Å². The van der Waals surface area contributed by atoms with Gasteiger partial charge in [-0.05, 0) is 51.0 Å². The molecule has 9 heteroatoms. The second-order valence-corrected chi connectivity index (χ2v) is 11.4. The van der Waals surface area contributed by atoms with Gasteiger partial charge in [-0.1, -0.05) is 35.9 Å². The van der Waals surface area contributed by atoms with Crippen LogP contribution in [0.25, 0.3) is 22.3 Å². The van der Waals surface area contributed by atoms with Crippen molar-refractivity contribution in [3.8, 4) is 11.3 Å². The highest BCUT2D eigenvalue weighted by Crippen LogP contribution is 2.32. The minimum Gasteiger partial charge on any atom is -0.322 e. The summed E-state index contributed by atoms with van der Waals surface area (Å²) in [7, 11) is -3.15. The highest BCUT2D eigenvalue weighted by atomic mass is 32.2. The van der Waals surface area contributed by atoms with E-state index >= 15 is 0 Å². The molecule has 5 rings (SSSR count). The number of aryl methyl sites for hydroxylation is 3. The van der Waals surface area contributed by atoms with E-state index in [-0.39, 0.29) is 17.5 Å². The zero-order valence-corrected chi connectivity index (χ0v) is 20.5. The zero-order chi connectivity index (χ0) is 24.9. The number of hydrogen-bond acceptors (Lipinski definition) is 5. The third kappa shape index (κ3) is 4.43. The molecule has 2 aromatic heterocycles. The number of fused-ring (bicyclic) bond motifs is 1. The molecule has 4 aromatic rings. The molecule has 7 nitrogen and oxygen atoms in total. The number of pyridine rings is 1. The largest absolute Gasteiger partial charge is 0.322 e. The van der Waals surface area contributed by atoms with E-state index in [2.05, 4.69) is 10.4 Å². The summed E-state index contributed by atoms with van der Waals surface area (Å²) in [4.78, 5) is 18.3. The molecule has 0 spiro atoms. The number of sulfone groups is 1. The average Bonchev–Trinajstić information content (AvgIpc) is 3.35. The van der Waals surface area contributed by atoms with Gasteiger partial charge in [0, 0.05) is 11.3 Å². The number of aromatic nitrogens is 3. The van der Waals surface area contributed by atoms with Crippen LogP contribution in [0.3, 0.4) is 0 Å². The maximum Gasteiger partial charge on any atom is 0.256 e. The van der Waals surface area contributed by atoms with Crippen LogP contribution in [-0.4, -0.2) is 40.6 Å². The Hall–Kier alpha value is -3.59. The Balaban J connectivity index is 1.67. The van der Waals surface area contributed by atoms with Crippen molar-refractivity contribution in [2.45, 2.75) is 33.2 Å². The third-order valence-electron chi connectivity index (χ3n) is 6.41. The minimum atomic E-state index is -3.15. The van der Waals surface area contributed by atoms with E-state index in [4.69, 9.17) is 4.98 Å². The second kappa shape index (κ2) is 8.57. The summed E-state index contributed by atoms with van der Waals surface area (Å²) in [5.74, 6) is -0.739. The molecule has 1 aliphatic rings. The molecule has 1 aliphatic heterocycles. The first-order valence-electron chi connectivity index (χ1n) is 11.4. The van der Waals surface area contributed by atoms with E-state index in [1.54, 1.807) is 36.7 Å². The van der Waals surface area contributed by atoms with Gasteiger partial charge in [0.25, 0.3) is 5.91 Å². The van der Waals surface area contributed by atoms with E-state index in [0.29, 0.717) is 45.7 Å². The number of benzene rings is 2. The molecule has 1 saturated heterocycles. The minimum absolute atomic E-state index is 0.0101. The van der Waals surface area contributed by atoms with Crippen molar-refractivity contribution in [2.24, 2.45) is 0 Å². The number of nitrogens with zero attached hydrogens (tertiary/aromatic N) is 3. The lowest BCUT2D eigenvalue weighted by atomic mass is 10.0. The van der Waals surface area contributed by atoms with Crippen LogP contribution in [0.4, 0.5) is 10.1 Å². The Bertz CT molecular complexity index is 1580. The van der Waals surface area contributed by atoms with Gasteiger partial charge in [-0.25, -0.2) is 22.5 Å². The van der Waals surface area contributed by atoms with Crippen molar-refractivity contribution in [3.63, 3.8) is 0 Å². The number of nitrogens with one attached hydrogen (secondary N) is 1. The molecule has 1 atom stereocenters. The first-order valence-corrected chi connectivity index (χ1v) is 13.2. The lowest BCUT2D eigenvalue weighted by molar-refractivity contribution is 0.102. The van der Waals surface area contributed by atoms with Gasteiger partial charge in [-0.3, -0.25) is 4.79 Å². The Kier molecular flexibility index (Phi) is 5.67. The van der Waals surface area contributed by atoms with Gasteiger partial charge in [0.1, 0.15) is 5.82 Å². The normalized spacial score (nSPS) is 17.1.